The van der Waals surface area contributed by atoms with Crippen molar-refractivity contribution in [3.8, 4) is 6.01 Å². The Kier molecular flexibility index (Phi) is 10.4. The predicted octanol–water partition coefficient (Wildman–Crippen LogP) is 4.22. The summed E-state index contributed by atoms with van der Waals surface area (Å²) in [6, 6.07) is 7.39. The smallest absolute Gasteiger partial charge is 0.416 e. The fraction of sp³-hybridized carbons (Fsp3) is 0.633. The first-order chi connectivity index (χ1) is 20.7. The van der Waals surface area contributed by atoms with Gasteiger partial charge in [0.2, 0.25) is 0 Å². The molecule has 0 bridgehead atoms. The molecule has 3 saturated heterocycles. The average molecular weight is 608 g/mol. The van der Waals surface area contributed by atoms with Crippen LogP contribution >= 0.6 is 0 Å². The molecule has 1 aromatic carbocycles. The minimum Gasteiger partial charge on any atom is -0.467 e. The summed E-state index contributed by atoms with van der Waals surface area (Å²) in [6.07, 6.45) is 0.140. The number of methoxy groups -OCH3 is 2. The number of alkyl halides is 3. The van der Waals surface area contributed by atoms with Crippen molar-refractivity contribution in [3.63, 3.8) is 0 Å². The Morgan fingerprint density at radius 3 is 2.53 bits per heavy atom. The van der Waals surface area contributed by atoms with E-state index >= 15 is 0 Å². The third-order valence-corrected chi connectivity index (χ3v) is 8.42. The van der Waals surface area contributed by atoms with E-state index in [0.717, 1.165) is 56.2 Å². The molecule has 0 spiro atoms. The zero-order valence-electron chi connectivity index (χ0n) is 24.6. The van der Waals surface area contributed by atoms with E-state index in [0.29, 0.717) is 44.7 Å². The molecule has 3 aliphatic rings. The fourth-order valence-electron chi connectivity index (χ4n) is 5.97. The molecule has 43 heavy (non-hydrogen) atoms. The largest absolute Gasteiger partial charge is 0.467 e. The molecule has 4 heterocycles. The SMILES string of the molecule is COc1nc(NC[C@H]2CCC[C@@H](c3ccc(C(F)(F)F)cc3)O2)cc(C(=O)N2CCC(NC3CCOC[C@H]3OC)CC2)n1. The maximum Gasteiger partial charge on any atom is 0.416 e. The van der Waals surface area contributed by atoms with Crippen LogP contribution in [0.3, 0.4) is 0 Å². The summed E-state index contributed by atoms with van der Waals surface area (Å²) >= 11 is 0. The van der Waals surface area contributed by atoms with Gasteiger partial charge in [0.05, 0.1) is 37.6 Å². The quantitative estimate of drug-likeness (QED) is 0.433. The van der Waals surface area contributed by atoms with Crippen LogP contribution in [0.1, 0.15) is 66.2 Å². The molecule has 13 heteroatoms. The van der Waals surface area contributed by atoms with Crippen molar-refractivity contribution in [2.75, 3.05) is 52.4 Å². The van der Waals surface area contributed by atoms with Crippen LogP contribution in [0.4, 0.5) is 19.0 Å². The van der Waals surface area contributed by atoms with Gasteiger partial charge in [-0.2, -0.15) is 23.1 Å². The minimum atomic E-state index is -4.37. The normalized spacial score (nSPS) is 25.4. The van der Waals surface area contributed by atoms with Gasteiger partial charge in [0.15, 0.2) is 0 Å². The zero-order valence-corrected chi connectivity index (χ0v) is 24.6. The molecule has 3 aliphatic heterocycles. The van der Waals surface area contributed by atoms with Gasteiger partial charge in [-0.25, -0.2) is 0 Å². The molecule has 3 fully saturated rings. The number of hydrogen-bond acceptors (Lipinski definition) is 9. The molecule has 2 N–H and O–H groups in total. The number of carbonyl (C=O) groups is 1. The highest BCUT2D eigenvalue weighted by Gasteiger charge is 2.32. The lowest BCUT2D eigenvalue weighted by atomic mass is 9.97. The number of hydrogen-bond donors (Lipinski definition) is 2. The summed E-state index contributed by atoms with van der Waals surface area (Å²) in [6.45, 7) is 2.93. The molecule has 2 aromatic rings. The highest BCUT2D eigenvalue weighted by molar-refractivity contribution is 5.93. The number of rotatable bonds is 9. The van der Waals surface area contributed by atoms with Gasteiger partial charge >= 0.3 is 12.2 Å². The molecule has 0 aliphatic carbocycles. The van der Waals surface area contributed by atoms with Crippen LogP contribution in [0.5, 0.6) is 6.01 Å². The maximum atomic E-state index is 13.4. The van der Waals surface area contributed by atoms with E-state index in [9.17, 15) is 18.0 Å². The number of piperidine rings is 1. The Balaban J connectivity index is 1.15. The van der Waals surface area contributed by atoms with Crippen molar-refractivity contribution in [2.24, 2.45) is 0 Å². The van der Waals surface area contributed by atoms with E-state index in [-0.39, 0.29) is 42.0 Å². The monoisotopic (exact) mass is 607 g/mol. The van der Waals surface area contributed by atoms with Gasteiger partial charge in [0, 0.05) is 51.5 Å². The predicted molar refractivity (Wildman–Crippen MR) is 152 cm³/mol. The number of nitrogens with one attached hydrogen (secondary N) is 2. The van der Waals surface area contributed by atoms with Gasteiger partial charge in [-0.1, -0.05) is 12.1 Å². The van der Waals surface area contributed by atoms with Crippen LogP contribution in [-0.2, 0) is 20.4 Å². The first-order valence-corrected chi connectivity index (χ1v) is 14.9. The molecule has 236 valence electrons. The molecule has 10 nitrogen and oxygen atoms in total. The molecular weight excluding hydrogens is 567 g/mol. The Labute approximate surface area is 249 Å². The topological polar surface area (TPSA) is 107 Å². The van der Waals surface area contributed by atoms with Crippen LogP contribution in [0.15, 0.2) is 30.3 Å². The van der Waals surface area contributed by atoms with Crippen molar-refractivity contribution < 1.29 is 36.9 Å². The van der Waals surface area contributed by atoms with Gasteiger partial charge < -0.3 is 34.5 Å². The highest BCUT2D eigenvalue weighted by atomic mass is 19.4. The van der Waals surface area contributed by atoms with Crippen molar-refractivity contribution in [3.05, 3.63) is 47.2 Å². The van der Waals surface area contributed by atoms with Crippen molar-refractivity contribution in [1.82, 2.24) is 20.2 Å². The van der Waals surface area contributed by atoms with Crippen LogP contribution in [-0.4, -0.2) is 92.1 Å². The van der Waals surface area contributed by atoms with Crippen LogP contribution in [0.2, 0.25) is 0 Å². The van der Waals surface area contributed by atoms with E-state index in [4.69, 9.17) is 18.9 Å². The molecule has 1 amide bonds. The Bertz CT molecular complexity index is 1210. The molecule has 4 atom stereocenters. The van der Waals surface area contributed by atoms with Crippen molar-refractivity contribution >= 4 is 11.7 Å². The number of halogens is 3. The van der Waals surface area contributed by atoms with Crippen molar-refractivity contribution in [1.29, 1.82) is 0 Å². The van der Waals surface area contributed by atoms with E-state index in [1.807, 2.05) is 0 Å². The standard InChI is InChI=1S/C30H40F3N5O5/c1-40-26-18-42-15-12-23(26)35-21-10-13-38(14-11-21)28(39)24-16-27(37-29(36-24)41-2)34-17-22-4-3-5-25(43-22)19-6-8-20(9-7-19)30(31,32)33/h6-9,16,21-23,25-26,35H,3-5,10-15,17-18H2,1-2H3,(H,34,36,37)/t22-,23?,25+,26-/m1/s1. The maximum absolute atomic E-state index is 13.4. The number of anilines is 1. The van der Waals surface area contributed by atoms with E-state index in [1.54, 1.807) is 18.1 Å². The zero-order chi connectivity index (χ0) is 30.4. The number of aromatic nitrogens is 2. The lowest BCUT2D eigenvalue weighted by Crippen LogP contribution is -2.54. The molecule has 1 unspecified atom stereocenters. The summed E-state index contributed by atoms with van der Waals surface area (Å²) < 4.78 is 61.4. The summed E-state index contributed by atoms with van der Waals surface area (Å²) in [7, 11) is 3.16. The summed E-state index contributed by atoms with van der Waals surface area (Å²) in [4.78, 5) is 23.9. The molecule has 0 radical (unpaired) electrons. The second-order valence-corrected chi connectivity index (χ2v) is 11.3. The van der Waals surface area contributed by atoms with E-state index in [2.05, 4.69) is 20.6 Å². The van der Waals surface area contributed by atoms with Crippen LogP contribution < -0.4 is 15.4 Å². The fourth-order valence-corrected chi connectivity index (χ4v) is 5.97. The number of carbonyl (C=O) groups excluding carboxylic acids is 1. The lowest BCUT2D eigenvalue weighted by Gasteiger charge is -2.38. The third-order valence-electron chi connectivity index (χ3n) is 8.42. The van der Waals surface area contributed by atoms with Crippen molar-refractivity contribution in [2.45, 2.75) is 75.1 Å². The number of likely N-dealkylation sites (tertiary alicyclic amines) is 1. The van der Waals surface area contributed by atoms with Crippen LogP contribution in [0, 0.1) is 0 Å². The average Bonchev–Trinajstić information content (AvgIpc) is 3.03. The number of benzene rings is 1. The Morgan fingerprint density at radius 1 is 1.07 bits per heavy atom. The van der Waals surface area contributed by atoms with Gasteiger partial charge in [0.25, 0.3) is 5.91 Å². The minimum absolute atomic E-state index is 0.0301. The summed E-state index contributed by atoms with van der Waals surface area (Å²) in [5, 5.41) is 6.94. The molecule has 1 aromatic heterocycles. The Hall–Kier alpha value is -3.00. The van der Waals surface area contributed by atoms with Gasteiger partial charge in [0.1, 0.15) is 11.5 Å². The first-order valence-electron chi connectivity index (χ1n) is 14.9. The lowest BCUT2D eigenvalue weighted by molar-refractivity contribution is -0.137. The summed E-state index contributed by atoms with van der Waals surface area (Å²) in [5.41, 5.74) is 0.293. The van der Waals surface area contributed by atoms with Gasteiger partial charge in [-0.15, -0.1) is 0 Å². The second-order valence-electron chi connectivity index (χ2n) is 11.3. The third kappa shape index (κ3) is 8.14. The van der Waals surface area contributed by atoms with E-state index in [1.165, 1.54) is 19.2 Å². The molecule has 0 saturated carbocycles. The first kappa shape index (κ1) is 31.4. The highest BCUT2D eigenvalue weighted by Crippen LogP contribution is 2.34. The molecular formula is C30H40F3N5O5. The Morgan fingerprint density at radius 2 is 1.84 bits per heavy atom. The summed E-state index contributed by atoms with van der Waals surface area (Å²) in [5.74, 6) is 0.261. The van der Waals surface area contributed by atoms with E-state index < -0.39 is 11.7 Å². The number of ether oxygens (including phenoxy) is 4. The number of nitrogens with zero attached hydrogens (tertiary/aromatic N) is 3. The molecule has 5 rings (SSSR count). The van der Waals surface area contributed by atoms with Gasteiger partial charge in [-0.3, -0.25) is 4.79 Å². The number of amides is 1. The second kappa shape index (κ2) is 14.2. The van der Waals surface area contributed by atoms with Gasteiger partial charge in [-0.05, 0) is 56.2 Å². The van der Waals surface area contributed by atoms with Crippen LogP contribution in [0.25, 0.3) is 0 Å².